The number of amides is 1. The van der Waals surface area contributed by atoms with Crippen LogP contribution in [0.15, 0.2) is 48.5 Å². The van der Waals surface area contributed by atoms with Crippen molar-refractivity contribution in [3.05, 3.63) is 54.1 Å². The molecule has 7 heteroatoms. The minimum absolute atomic E-state index is 0.126. The van der Waals surface area contributed by atoms with Gasteiger partial charge in [-0.2, -0.15) is 0 Å². The summed E-state index contributed by atoms with van der Waals surface area (Å²) in [4.78, 5) is 12.6. The quantitative estimate of drug-likeness (QED) is 0.734. The first-order valence-corrected chi connectivity index (χ1v) is 8.51. The van der Waals surface area contributed by atoms with E-state index >= 15 is 0 Å². The van der Waals surface area contributed by atoms with E-state index in [-0.39, 0.29) is 11.9 Å². The van der Waals surface area contributed by atoms with E-state index in [4.69, 9.17) is 4.74 Å². The Morgan fingerprint density at radius 1 is 1.19 bits per heavy atom. The summed E-state index contributed by atoms with van der Waals surface area (Å²) < 4.78 is 7.13. The Kier molecular flexibility index (Phi) is 5.26. The molecule has 2 aromatic carbocycles. The zero-order valence-corrected chi connectivity index (χ0v) is 15.0. The molecule has 1 amide bonds. The molecule has 0 saturated carbocycles. The summed E-state index contributed by atoms with van der Waals surface area (Å²) in [7, 11) is 0. The number of nitrogens with one attached hydrogen (secondary N) is 1. The fourth-order valence-corrected chi connectivity index (χ4v) is 2.54. The second-order valence-electron chi connectivity index (χ2n) is 6.03. The molecule has 0 aliphatic rings. The second kappa shape index (κ2) is 7.77. The van der Waals surface area contributed by atoms with E-state index in [0.29, 0.717) is 23.7 Å². The molecule has 26 heavy (non-hydrogen) atoms. The molecule has 0 unspecified atom stereocenters. The van der Waals surface area contributed by atoms with Gasteiger partial charge in [-0.1, -0.05) is 12.1 Å². The lowest BCUT2D eigenvalue weighted by molar-refractivity contribution is 0.102. The Balaban J connectivity index is 1.79. The minimum atomic E-state index is -0.195. The normalized spacial score (nSPS) is 10.8. The smallest absolute Gasteiger partial charge is 0.255 e. The van der Waals surface area contributed by atoms with Crippen LogP contribution < -0.4 is 10.1 Å². The lowest BCUT2D eigenvalue weighted by Crippen LogP contribution is -2.12. The van der Waals surface area contributed by atoms with Crippen LogP contribution in [-0.4, -0.2) is 32.7 Å². The maximum absolute atomic E-state index is 12.6. The molecule has 0 atom stereocenters. The fraction of sp³-hybridized carbons (Fsp3) is 0.263. The van der Waals surface area contributed by atoms with Gasteiger partial charge in [-0.15, -0.1) is 5.10 Å². The van der Waals surface area contributed by atoms with Crippen molar-refractivity contribution in [2.45, 2.75) is 26.8 Å². The lowest BCUT2D eigenvalue weighted by atomic mass is 10.1. The average Bonchev–Trinajstić information content (AvgIpc) is 3.14. The highest BCUT2D eigenvalue weighted by Gasteiger charge is 2.14. The standard InChI is InChI=1S/C19H21N5O2/c1-4-26-17-10-8-16(9-11-17)20-19(25)15-7-5-6-14(12-15)18-21-22-23-24(18)13(2)3/h5-13H,4H2,1-3H3,(H,20,25). The maximum atomic E-state index is 12.6. The summed E-state index contributed by atoms with van der Waals surface area (Å²) >= 11 is 0. The predicted octanol–water partition coefficient (Wildman–Crippen LogP) is 3.57. The van der Waals surface area contributed by atoms with E-state index < -0.39 is 0 Å². The van der Waals surface area contributed by atoms with Gasteiger partial charge in [-0.25, -0.2) is 4.68 Å². The van der Waals surface area contributed by atoms with Gasteiger partial charge in [-0.05, 0) is 67.6 Å². The average molecular weight is 351 g/mol. The third-order valence-corrected chi connectivity index (χ3v) is 3.79. The molecule has 0 aliphatic heterocycles. The molecule has 1 N–H and O–H groups in total. The molecule has 0 radical (unpaired) electrons. The zero-order chi connectivity index (χ0) is 18.5. The van der Waals surface area contributed by atoms with Crippen molar-refractivity contribution in [1.82, 2.24) is 20.2 Å². The maximum Gasteiger partial charge on any atom is 0.255 e. The first kappa shape index (κ1) is 17.6. The molecule has 7 nitrogen and oxygen atoms in total. The van der Waals surface area contributed by atoms with Crippen molar-refractivity contribution in [2.24, 2.45) is 0 Å². The topological polar surface area (TPSA) is 81.9 Å². The molecule has 0 saturated heterocycles. The monoisotopic (exact) mass is 351 g/mol. The highest BCUT2D eigenvalue weighted by atomic mass is 16.5. The van der Waals surface area contributed by atoms with Crippen LogP contribution in [0.5, 0.6) is 5.75 Å². The molecule has 1 aromatic heterocycles. The van der Waals surface area contributed by atoms with Crippen LogP contribution >= 0.6 is 0 Å². The van der Waals surface area contributed by atoms with E-state index in [0.717, 1.165) is 11.3 Å². The number of ether oxygens (including phenoxy) is 1. The number of hydrogen-bond acceptors (Lipinski definition) is 5. The van der Waals surface area contributed by atoms with Crippen LogP contribution in [0.2, 0.25) is 0 Å². The van der Waals surface area contributed by atoms with Gasteiger partial charge in [0, 0.05) is 16.8 Å². The Labute approximate surface area is 152 Å². The third-order valence-electron chi connectivity index (χ3n) is 3.79. The Bertz CT molecular complexity index is 887. The molecule has 0 spiro atoms. The number of rotatable bonds is 6. The molecule has 3 aromatic rings. The Morgan fingerprint density at radius 3 is 2.65 bits per heavy atom. The Hall–Kier alpha value is -3.22. The number of carbonyl (C=O) groups excluding carboxylic acids is 1. The molecular formula is C19H21N5O2. The van der Waals surface area contributed by atoms with Gasteiger partial charge in [0.2, 0.25) is 0 Å². The number of tetrazole rings is 1. The van der Waals surface area contributed by atoms with Gasteiger partial charge in [-0.3, -0.25) is 4.79 Å². The second-order valence-corrected chi connectivity index (χ2v) is 6.03. The van der Waals surface area contributed by atoms with Crippen LogP contribution in [0.4, 0.5) is 5.69 Å². The SMILES string of the molecule is CCOc1ccc(NC(=O)c2cccc(-c3nnnn3C(C)C)c2)cc1. The van der Waals surface area contributed by atoms with Crippen LogP contribution in [0, 0.1) is 0 Å². The number of benzene rings is 2. The van der Waals surface area contributed by atoms with Gasteiger partial charge in [0.15, 0.2) is 5.82 Å². The molecule has 0 aliphatic carbocycles. The van der Waals surface area contributed by atoms with Crippen molar-refractivity contribution in [1.29, 1.82) is 0 Å². The first-order valence-electron chi connectivity index (χ1n) is 8.51. The van der Waals surface area contributed by atoms with Crippen molar-refractivity contribution >= 4 is 11.6 Å². The van der Waals surface area contributed by atoms with E-state index in [1.165, 1.54) is 0 Å². The number of nitrogens with zero attached hydrogens (tertiary/aromatic N) is 4. The van der Waals surface area contributed by atoms with E-state index in [9.17, 15) is 4.79 Å². The van der Waals surface area contributed by atoms with Crippen LogP contribution in [0.1, 0.15) is 37.2 Å². The number of aromatic nitrogens is 4. The highest BCUT2D eigenvalue weighted by molar-refractivity contribution is 6.04. The Morgan fingerprint density at radius 2 is 1.96 bits per heavy atom. The first-order chi connectivity index (χ1) is 12.6. The molecular weight excluding hydrogens is 330 g/mol. The summed E-state index contributed by atoms with van der Waals surface area (Å²) in [5, 5.41) is 14.7. The van der Waals surface area contributed by atoms with Crippen molar-refractivity contribution in [2.75, 3.05) is 11.9 Å². The fourth-order valence-electron chi connectivity index (χ4n) is 2.54. The summed E-state index contributed by atoms with van der Waals surface area (Å²) in [5.74, 6) is 1.21. The highest BCUT2D eigenvalue weighted by Crippen LogP contribution is 2.21. The van der Waals surface area contributed by atoms with Gasteiger partial charge in [0.1, 0.15) is 5.75 Å². The molecule has 0 bridgehead atoms. The number of anilines is 1. The van der Waals surface area contributed by atoms with Crippen LogP contribution in [0.25, 0.3) is 11.4 Å². The van der Waals surface area contributed by atoms with Gasteiger partial charge in [0.05, 0.1) is 12.6 Å². The largest absolute Gasteiger partial charge is 0.494 e. The lowest BCUT2D eigenvalue weighted by Gasteiger charge is -2.10. The summed E-state index contributed by atoms with van der Waals surface area (Å²) in [6.45, 7) is 6.54. The summed E-state index contributed by atoms with van der Waals surface area (Å²) in [5.41, 5.74) is 2.04. The van der Waals surface area contributed by atoms with Gasteiger partial charge in [0.25, 0.3) is 5.91 Å². The number of carbonyl (C=O) groups is 1. The molecule has 3 rings (SSSR count). The summed E-state index contributed by atoms with van der Waals surface area (Å²) in [6.07, 6.45) is 0. The van der Waals surface area contributed by atoms with Gasteiger partial charge >= 0.3 is 0 Å². The van der Waals surface area contributed by atoms with E-state index in [1.807, 2.05) is 57.2 Å². The summed E-state index contributed by atoms with van der Waals surface area (Å²) in [6, 6.07) is 14.7. The predicted molar refractivity (Wildman–Crippen MR) is 99.2 cm³/mol. The van der Waals surface area contributed by atoms with E-state index in [1.54, 1.807) is 16.8 Å². The van der Waals surface area contributed by atoms with Crippen molar-refractivity contribution in [3.63, 3.8) is 0 Å². The minimum Gasteiger partial charge on any atom is -0.494 e. The van der Waals surface area contributed by atoms with Crippen LogP contribution in [0.3, 0.4) is 0 Å². The molecule has 134 valence electrons. The molecule has 0 fully saturated rings. The van der Waals surface area contributed by atoms with E-state index in [2.05, 4.69) is 20.8 Å². The zero-order valence-electron chi connectivity index (χ0n) is 15.0. The van der Waals surface area contributed by atoms with Gasteiger partial charge < -0.3 is 10.1 Å². The van der Waals surface area contributed by atoms with Crippen molar-refractivity contribution in [3.8, 4) is 17.1 Å². The van der Waals surface area contributed by atoms with Crippen molar-refractivity contribution < 1.29 is 9.53 Å². The third kappa shape index (κ3) is 3.88. The number of hydrogen-bond donors (Lipinski definition) is 1. The van der Waals surface area contributed by atoms with Crippen LogP contribution in [-0.2, 0) is 0 Å². The molecule has 1 heterocycles.